The Labute approximate surface area is 203 Å². The molecule has 0 aliphatic heterocycles. The van der Waals surface area contributed by atoms with Crippen LogP contribution in [0.15, 0.2) is 54.7 Å². The molecule has 1 atom stereocenters. The predicted octanol–water partition coefficient (Wildman–Crippen LogP) is 3.44. The lowest BCUT2D eigenvalue weighted by Crippen LogP contribution is -2.35. The van der Waals surface area contributed by atoms with E-state index in [9.17, 15) is 19.5 Å². The number of aryl methyl sites for hydroxylation is 1. The number of hydrogen-bond acceptors (Lipinski definition) is 5. The number of rotatable bonds is 9. The summed E-state index contributed by atoms with van der Waals surface area (Å²) < 4.78 is 6.80. The van der Waals surface area contributed by atoms with E-state index in [2.05, 4.69) is 40.0 Å². The fourth-order valence-electron chi connectivity index (χ4n) is 4.43. The molecule has 0 saturated heterocycles. The molecule has 0 fully saturated rings. The maximum atomic E-state index is 12.4. The Morgan fingerprint density at radius 3 is 2.34 bits per heavy atom. The normalized spacial score (nSPS) is 13.0. The number of alkyl carbamates (subject to hydrolysis) is 1. The third-order valence-corrected chi connectivity index (χ3v) is 6.21. The van der Waals surface area contributed by atoms with Crippen LogP contribution in [0.25, 0.3) is 11.1 Å². The van der Waals surface area contributed by atoms with E-state index in [0.717, 1.165) is 11.1 Å². The third-order valence-electron chi connectivity index (χ3n) is 6.21. The number of amides is 2. The van der Waals surface area contributed by atoms with Gasteiger partial charge in [0.2, 0.25) is 5.91 Å². The van der Waals surface area contributed by atoms with Crippen LogP contribution in [0.5, 0.6) is 0 Å². The van der Waals surface area contributed by atoms with Gasteiger partial charge >= 0.3 is 12.1 Å². The number of hydrogen-bond donors (Lipinski definition) is 3. The summed E-state index contributed by atoms with van der Waals surface area (Å²) in [6.45, 7) is 2.10. The summed E-state index contributed by atoms with van der Waals surface area (Å²) in [7, 11) is 1.53. The fourth-order valence-corrected chi connectivity index (χ4v) is 4.43. The van der Waals surface area contributed by atoms with E-state index in [4.69, 9.17) is 4.74 Å². The Kier molecular flexibility index (Phi) is 7.14. The van der Waals surface area contributed by atoms with E-state index in [1.54, 1.807) is 6.92 Å². The molecule has 1 aromatic heterocycles. The molecular weight excluding hydrogens is 448 g/mol. The lowest BCUT2D eigenvalue weighted by molar-refractivity contribution is -0.121. The second kappa shape index (κ2) is 10.4. The van der Waals surface area contributed by atoms with Crippen LogP contribution in [-0.2, 0) is 23.1 Å². The number of nitrogens with zero attached hydrogens (tertiary/aromatic N) is 2. The minimum Gasteiger partial charge on any atom is -0.477 e. The van der Waals surface area contributed by atoms with Crippen molar-refractivity contribution in [3.8, 4) is 11.1 Å². The van der Waals surface area contributed by atoms with Crippen molar-refractivity contribution < 1.29 is 24.2 Å². The lowest BCUT2D eigenvalue weighted by Gasteiger charge is -2.17. The van der Waals surface area contributed by atoms with E-state index < -0.39 is 12.1 Å². The number of ether oxygens (including phenoxy) is 1. The number of aromatic carboxylic acids is 1. The number of fused-ring (bicyclic) bond motifs is 3. The van der Waals surface area contributed by atoms with Gasteiger partial charge in [-0.25, -0.2) is 9.59 Å². The standard InChI is InChI=1S/C26H28N4O5/c1-16(11-12-23(31)27-13-17-14-28-30(2)24(17)25(32)33)29-26(34)35-15-22-20-9-5-3-7-18(20)19-8-4-6-10-21(19)22/h3-10,14,16,22H,11-13,15H2,1-2H3,(H,27,31)(H,29,34)(H,32,33). The van der Waals surface area contributed by atoms with Crippen LogP contribution in [0.2, 0.25) is 0 Å². The zero-order valence-electron chi connectivity index (χ0n) is 19.7. The van der Waals surface area contributed by atoms with Gasteiger partial charge in [-0.3, -0.25) is 9.48 Å². The molecule has 3 N–H and O–H groups in total. The van der Waals surface area contributed by atoms with Gasteiger partial charge in [-0.2, -0.15) is 5.10 Å². The van der Waals surface area contributed by atoms with Crippen LogP contribution in [-0.4, -0.2) is 45.5 Å². The number of aromatic nitrogens is 2. The molecule has 9 nitrogen and oxygen atoms in total. The molecule has 0 bridgehead atoms. The van der Waals surface area contributed by atoms with Gasteiger partial charge in [-0.1, -0.05) is 48.5 Å². The van der Waals surface area contributed by atoms with Crippen LogP contribution in [0.3, 0.4) is 0 Å². The molecule has 0 spiro atoms. The minimum atomic E-state index is -1.10. The number of carbonyl (C=O) groups excluding carboxylic acids is 2. The Hall–Kier alpha value is -4.14. The van der Waals surface area contributed by atoms with Crippen LogP contribution in [0, 0.1) is 0 Å². The lowest BCUT2D eigenvalue weighted by atomic mass is 9.98. The van der Waals surface area contributed by atoms with Crippen molar-refractivity contribution in [2.75, 3.05) is 6.61 Å². The van der Waals surface area contributed by atoms with Gasteiger partial charge in [-0.15, -0.1) is 0 Å². The van der Waals surface area contributed by atoms with Gasteiger partial charge in [-0.05, 0) is 35.6 Å². The zero-order valence-corrected chi connectivity index (χ0v) is 19.7. The van der Waals surface area contributed by atoms with Gasteiger partial charge in [0.15, 0.2) is 5.69 Å². The number of benzene rings is 2. The van der Waals surface area contributed by atoms with Gasteiger partial charge in [0, 0.05) is 37.5 Å². The highest BCUT2D eigenvalue weighted by Crippen LogP contribution is 2.44. The second-order valence-corrected chi connectivity index (χ2v) is 8.63. The van der Waals surface area contributed by atoms with Crippen molar-refractivity contribution in [1.29, 1.82) is 0 Å². The monoisotopic (exact) mass is 476 g/mol. The number of carboxylic acid groups (broad SMARTS) is 1. The summed E-state index contributed by atoms with van der Waals surface area (Å²) in [5.41, 5.74) is 5.09. The smallest absolute Gasteiger partial charge is 0.407 e. The van der Waals surface area contributed by atoms with Gasteiger partial charge < -0.3 is 20.5 Å². The molecule has 1 unspecified atom stereocenters. The summed E-state index contributed by atoms with van der Waals surface area (Å²) in [6.07, 6.45) is 1.48. The number of carboxylic acids is 1. The Morgan fingerprint density at radius 1 is 1.09 bits per heavy atom. The first-order chi connectivity index (χ1) is 16.8. The highest BCUT2D eigenvalue weighted by atomic mass is 16.5. The molecule has 4 rings (SSSR count). The summed E-state index contributed by atoms with van der Waals surface area (Å²) in [6, 6.07) is 16.0. The van der Waals surface area contributed by atoms with E-state index in [0.29, 0.717) is 12.0 Å². The van der Waals surface area contributed by atoms with E-state index in [-0.39, 0.29) is 43.1 Å². The van der Waals surface area contributed by atoms with E-state index in [1.807, 2.05) is 24.3 Å². The predicted molar refractivity (Wildman–Crippen MR) is 129 cm³/mol. The van der Waals surface area contributed by atoms with Gasteiger partial charge in [0.25, 0.3) is 0 Å². The quantitative estimate of drug-likeness (QED) is 0.435. The van der Waals surface area contributed by atoms with Crippen molar-refractivity contribution in [2.45, 2.75) is 38.3 Å². The molecule has 2 aromatic carbocycles. The van der Waals surface area contributed by atoms with E-state index in [1.165, 1.54) is 29.1 Å². The van der Waals surface area contributed by atoms with Crippen molar-refractivity contribution in [3.05, 3.63) is 77.1 Å². The van der Waals surface area contributed by atoms with Crippen molar-refractivity contribution in [1.82, 2.24) is 20.4 Å². The molecule has 2 amide bonds. The molecule has 35 heavy (non-hydrogen) atoms. The molecule has 3 aromatic rings. The third kappa shape index (κ3) is 5.34. The molecule has 9 heteroatoms. The molecule has 1 aliphatic rings. The minimum absolute atomic E-state index is 0.0163. The highest BCUT2D eigenvalue weighted by Gasteiger charge is 2.29. The largest absolute Gasteiger partial charge is 0.477 e. The topological polar surface area (TPSA) is 123 Å². The molecular formula is C26H28N4O5. The van der Waals surface area contributed by atoms with Crippen LogP contribution in [0.4, 0.5) is 4.79 Å². The second-order valence-electron chi connectivity index (χ2n) is 8.63. The summed E-state index contributed by atoms with van der Waals surface area (Å²) in [4.78, 5) is 35.9. The molecule has 1 aliphatic carbocycles. The summed E-state index contributed by atoms with van der Waals surface area (Å²) >= 11 is 0. The summed E-state index contributed by atoms with van der Waals surface area (Å²) in [5.74, 6) is -1.36. The van der Waals surface area contributed by atoms with Crippen LogP contribution < -0.4 is 10.6 Å². The van der Waals surface area contributed by atoms with Crippen LogP contribution >= 0.6 is 0 Å². The van der Waals surface area contributed by atoms with Crippen molar-refractivity contribution in [3.63, 3.8) is 0 Å². The molecule has 1 heterocycles. The van der Waals surface area contributed by atoms with E-state index >= 15 is 0 Å². The van der Waals surface area contributed by atoms with Crippen molar-refractivity contribution >= 4 is 18.0 Å². The first-order valence-corrected chi connectivity index (χ1v) is 11.5. The molecule has 182 valence electrons. The Morgan fingerprint density at radius 2 is 1.71 bits per heavy atom. The first-order valence-electron chi connectivity index (χ1n) is 11.5. The van der Waals surface area contributed by atoms with Crippen LogP contribution in [0.1, 0.15) is 52.9 Å². The summed E-state index contributed by atoms with van der Waals surface area (Å²) in [5, 5.41) is 18.6. The SMILES string of the molecule is CC(CCC(=O)NCc1cnn(C)c1C(=O)O)NC(=O)OCC1c2ccccc2-c2ccccc21. The molecule has 0 saturated carbocycles. The number of carbonyl (C=O) groups is 3. The maximum absolute atomic E-state index is 12.4. The Balaban J connectivity index is 1.22. The fraction of sp³-hybridized carbons (Fsp3) is 0.308. The average molecular weight is 477 g/mol. The number of nitrogens with one attached hydrogen (secondary N) is 2. The Bertz CT molecular complexity index is 1210. The van der Waals surface area contributed by atoms with Gasteiger partial charge in [0.05, 0.1) is 6.20 Å². The van der Waals surface area contributed by atoms with Gasteiger partial charge in [0.1, 0.15) is 6.61 Å². The average Bonchev–Trinajstić information content (AvgIpc) is 3.37. The highest BCUT2D eigenvalue weighted by molar-refractivity contribution is 5.87. The molecule has 0 radical (unpaired) electrons. The first kappa shape index (κ1) is 24.0. The maximum Gasteiger partial charge on any atom is 0.407 e. The van der Waals surface area contributed by atoms with Crippen molar-refractivity contribution in [2.24, 2.45) is 7.05 Å². The zero-order chi connectivity index (χ0) is 24.9.